The normalized spacial score (nSPS) is 10.5. The van der Waals surface area contributed by atoms with Crippen LogP contribution in [0.1, 0.15) is 37.7 Å². The van der Waals surface area contributed by atoms with E-state index in [1.54, 1.807) is 55.8 Å². The molecule has 0 atom stereocenters. The van der Waals surface area contributed by atoms with E-state index in [0.29, 0.717) is 33.8 Å². The number of ether oxygens (including phenoxy) is 1. The van der Waals surface area contributed by atoms with Gasteiger partial charge < -0.3 is 4.74 Å². The number of nitro groups is 1. The molecule has 0 radical (unpaired) electrons. The summed E-state index contributed by atoms with van der Waals surface area (Å²) in [5, 5.41) is 10.9. The molecule has 30 heavy (non-hydrogen) atoms. The summed E-state index contributed by atoms with van der Waals surface area (Å²) in [6.07, 6.45) is 0. The first kappa shape index (κ1) is 20.8. The first-order chi connectivity index (χ1) is 14.3. The molecule has 3 rings (SSSR count). The van der Waals surface area contributed by atoms with Crippen LogP contribution in [0.5, 0.6) is 5.75 Å². The van der Waals surface area contributed by atoms with Crippen molar-refractivity contribution in [2.24, 2.45) is 0 Å². The number of Topliss-reactive ketones (excluding diaryl/α,β-unsaturated/α-hetero) is 1. The zero-order valence-electron chi connectivity index (χ0n) is 16.8. The van der Waals surface area contributed by atoms with Crippen molar-refractivity contribution in [3.05, 3.63) is 92.8 Å². The van der Waals surface area contributed by atoms with Gasteiger partial charge >= 0.3 is 0 Å². The third-order valence-corrected chi connectivity index (χ3v) is 4.72. The lowest BCUT2D eigenvalue weighted by Gasteiger charge is -2.12. The predicted octanol–water partition coefficient (Wildman–Crippen LogP) is 3.97. The molecule has 1 amide bonds. The first-order valence-electron chi connectivity index (χ1n) is 9.24. The molecular weight excluding hydrogens is 386 g/mol. The van der Waals surface area contributed by atoms with Crippen LogP contribution in [-0.4, -0.2) is 27.9 Å². The van der Waals surface area contributed by atoms with Crippen LogP contribution < -0.4 is 10.2 Å². The van der Waals surface area contributed by atoms with Crippen LogP contribution >= 0.6 is 0 Å². The maximum Gasteiger partial charge on any atom is 0.272 e. The third-order valence-electron chi connectivity index (χ3n) is 4.72. The van der Waals surface area contributed by atoms with Crippen molar-refractivity contribution in [3.8, 4) is 5.75 Å². The van der Waals surface area contributed by atoms with E-state index in [9.17, 15) is 19.7 Å². The fraction of sp³-hybridized carbons (Fsp3) is 0.182. The average Bonchev–Trinajstić information content (AvgIpc) is 3.00. The molecule has 0 aliphatic heterocycles. The fourth-order valence-corrected chi connectivity index (χ4v) is 3.12. The predicted molar refractivity (Wildman–Crippen MR) is 112 cm³/mol. The lowest BCUT2D eigenvalue weighted by molar-refractivity contribution is -0.385. The Kier molecular flexibility index (Phi) is 5.96. The number of nitro benzene ring substituents is 1. The summed E-state index contributed by atoms with van der Waals surface area (Å²) in [7, 11) is 0. The molecule has 0 saturated carbocycles. The Morgan fingerprint density at radius 3 is 2.40 bits per heavy atom. The molecule has 2 aromatic carbocycles. The fourth-order valence-electron chi connectivity index (χ4n) is 3.12. The molecule has 1 N–H and O–H groups in total. The Morgan fingerprint density at radius 1 is 1.07 bits per heavy atom. The Balaban J connectivity index is 1.71. The lowest BCUT2D eigenvalue weighted by atomic mass is 10.1. The second-order valence-electron chi connectivity index (χ2n) is 6.84. The van der Waals surface area contributed by atoms with Crippen LogP contribution in [0.4, 0.5) is 5.69 Å². The van der Waals surface area contributed by atoms with Gasteiger partial charge in [-0.2, -0.15) is 0 Å². The summed E-state index contributed by atoms with van der Waals surface area (Å²) >= 11 is 0. The second-order valence-corrected chi connectivity index (χ2v) is 6.84. The van der Waals surface area contributed by atoms with Crippen LogP contribution in [0.25, 0.3) is 0 Å². The quantitative estimate of drug-likeness (QED) is 0.363. The van der Waals surface area contributed by atoms with Crippen molar-refractivity contribution < 1.29 is 19.2 Å². The molecule has 0 aliphatic rings. The van der Waals surface area contributed by atoms with E-state index in [0.717, 1.165) is 0 Å². The number of nitrogens with zero attached hydrogens (tertiary/aromatic N) is 2. The van der Waals surface area contributed by atoms with Gasteiger partial charge in [-0.25, -0.2) is 0 Å². The van der Waals surface area contributed by atoms with Gasteiger partial charge in [-0.15, -0.1) is 0 Å². The Bertz CT molecular complexity index is 1120. The summed E-state index contributed by atoms with van der Waals surface area (Å²) < 4.78 is 7.09. The highest BCUT2D eigenvalue weighted by molar-refractivity contribution is 6.01. The zero-order valence-corrected chi connectivity index (χ0v) is 16.8. The van der Waals surface area contributed by atoms with Gasteiger partial charge in [0.1, 0.15) is 5.75 Å². The highest BCUT2D eigenvalue weighted by Gasteiger charge is 2.18. The van der Waals surface area contributed by atoms with Gasteiger partial charge in [-0.3, -0.25) is 29.8 Å². The van der Waals surface area contributed by atoms with Crippen molar-refractivity contribution in [1.29, 1.82) is 0 Å². The van der Waals surface area contributed by atoms with Gasteiger partial charge in [0.15, 0.2) is 6.61 Å². The molecule has 8 heteroatoms. The zero-order chi connectivity index (χ0) is 21.8. The van der Waals surface area contributed by atoms with Crippen LogP contribution in [0.3, 0.4) is 0 Å². The number of aryl methyl sites for hydroxylation is 2. The number of hydrogen-bond donors (Lipinski definition) is 1. The molecule has 1 heterocycles. The van der Waals surface area contributed by atoms with E-state index in [-0.39, 0.29) is 24.0 Å². The molecule has 3 aromatic rings. The summed E-state index contributed by atoms with van der Waals surface area (Å²) in [5.41, 5.74) is 5.46. The van der Waals surface area contributed by atoms with E-state index in [4.69, 9.17) is 4.74 Å². The molecule has 8 nitrogen and oxygen atoms in total. The second kappa shape index (κ2) is 8.60. The molecule has 0 bridgehead atoms. The molecule has 1 aromatic heterocycles. The first-order valence-corrected chi connectivity index (χ1v) is 9.24. The third kappa shape index (κ3) is 4.38. The van der Waals surface area contributed by atoms with E-state index in [1.807, 2.05) is 6.07 Å². The lowest BCUT2D eigenvalue weighted by Crippen LogP contribution is -2.25. The van der Waals surface area contributed by atoms with Crippen LogP contribution in [0, 0.1) is 30.9 Å². The summed E-state index contributed by atoms with van der Waals surface area (Å²) in [6.45, 7) is 4.90. The molecule has 0 spiro atoms. The number of benzene rings is 2. The Labute approximate surface area is 173 Å². The number of aromatic nitrogens is 1. The Morgan fingerprint density at radius 2 is 1.77 bits per heavy atom. The van der Waals surface area contributed by atoms with Gasteiger partial charge in [-0.05, 0) is 51.1 Å². The molecule has 0 aliphatic carbocycles. The molecule has 0 fully saturated rings. The number of nitrogens with one attached hydrogen (secondary N) is 1. The van der Waals surface area contributed by atoms with Crippen LogP contribution in [-0.2, 0) is 0 Å². The van der Waals surface area contributed by atoms with Crippen LogP contribution in [0.2, 0.25) is 0 Å². The molecule has 154 valence electrons. The number of amides is 1. The monoisotopic (exact) mass is 407 g/mol. The largest absolute Gasteiger partial charge is 0.485 e. The standard InChI is InChI=1S/C22H21N3O5/c1-14-11-18(9-10-20(14)25(28)29)30-13-21(26)19-12-15(2)24(16(19)3)23-22(27)17-7-5-4-6-8-17/h4-12H,13H2,1-3H3,(H,23,27). The highest BCUT2D eigenvalue weighted by Crippen LogP contribution is 2.23. The van der Waals surface area contributed by atoms with E-state index >= 15 is 0 Å². The topological polar surface area (TPSA) is 103 Å². The van der Waals surface area contributed by atoms with Gasteiger partial charge in [0.05, 0.1) is 4.92 Å². The minimum Gasteiger partial charge on any atom is -0.485 e. The van der Waals surface area contributed by atoms with Gasteiger partial charge in [-0.1, -0.05) is 18.2 Å². The molecule has 0 unspecified atom stereocenters. The van der Waals surface area contributed by atoms with Gasteiger partial charge in [0.25, 0.3) is 11.6 Å². The Hall–Kier alpha value is -3.94. The van der Waals surface area contributed by atoms with Crippen LogP contribution in [0.15, 0.2) is 54.6 Å². The minimum atomic E-state index is -0.469. The SMILES string of the molecule is Cc1cc(OCC(=O)c2cc(C)n(NC(=O)c3ccccc3)c2C)ccc1[N+](=O)[O-]. The van der Waals surface area contributed by atoms with E-state index < -0.39 is 4.92 Å². The highest BCUT2D eigenvalue weighted by atomic mass is 16.6. The maximum atomic E-state index is 12.7. The van der Waals surface area contributed by atoms with Crippen molar-refractivity contribution in [2.75, 3.05) is 12.0 Å². The van der Waals surface area contributed by atoms with Crippen molar-refractivity contribution in [1.82, 2.24) is 4.68 Å². The van der Waals surface area contributed by atoms with Crippen molar-refractivity contribution in [3.63, 3.8) is 0 Å². The number of carbonyl (C=O) groups excluding carboxylic acids is 2. The smallest absolute Gasteiger partial charge is 0.272 e. The van der Waals surface area contributed by atoms with Crippen molar-refractivity contribution in [2.45, 2.75) is 20.8 Å². The average molecular weight is 407 g/mol. The summed E-state index contributed by atoms with van der Waals surface area (Å²) in [6, 6.07) is 14.8. The van der Waals surface area contributed by atoms with E-state index in [2.05, 4.69) is 5.43 Å². The number of hydrogen-bond acceptors (Lipinski definition) is 5. The van der Waals surface area contributed by atoms with Crippen molar-refractivity contribution >= 4 is 17.4 Å². The molecular formula is C22H21N3O5. The number of rotatable bonds is 7. The number of ketones is 1. The molecule has 0 saturated heterocycles. The summed E-state index contributed by atoms with van der Waals surface area (Å²) in [5.74, 6) is -0.175. The van der Waals surface area contributed by atoms with Gasteiger partial charge in [0, 0.05) is 34.1 Å². The minimum absolute atomic E-state index is 0.00798. The maximum absolute atomic E-state index is 12.7. The number of carbonyl (C=O) groups is 2. The summed E-state index contributed by atoms with van der Waals surface area (Å²) in [4.78, 5) is 35.5. The van der Waals surface area contributed by atoms with E-state index in [1.165, 1.54) is 18.2 Å². The van der Waals surface area contributed by atoms with Gasteiger partial charge in [0.2, 0.25) is 5.78 Å².